The van der Waals surface area contributed by atoms with Gasteiger partial charge in [-0.25, -0.2) is 4.98 Å². The smallest absolute Gasteiger partial charge is 0.425 e. The molecule has 0 saturated carbocycles. The van der Waals surface area contributed by atoms with Gasteiger partial charge < -0.3 is 10.1 Å². The van der Waals surface area contributed by atoms with Gasteiger partial charge in [-0.05, 0) is 13.2 Å². The largest absolute Gasteiger partial charge is 0.465 e. The van der Waals surface area contributed by atoms with Gasteiger partial charge in [0.05, 0.1) is 0 Å². The fraction of sp³-hybridized carbons (Fsp3) is 0.556. The molecule has 0 fully saturated rings. The standard InChI is InChI=1S/C9H12F3N3OS/c1-5(9(10,11)12)16-7-4-6(13-2)14-8(15-7)17-3/h4-5H,1-3H3,(H,13,14,15). The van der Waals surface area contributed by atoms with Gasteiger partial charge >= 0.3 is 6.18 Å². The quantitative estimate of drug-likeness (QED) is 0.671. The summed E-state index contributed by atoms with van der Waals surface area (Å²) in [5, 5.41) is 3.08. The monoisotopic (exact) mass is 267 g/mol. The SMILES string of the molecule is CNc1cc(OC(C)C(F)(F)F)nc(SC)n1. The van der Waals surface area contributed by atoms with Crippen LogP contribution in [0.25, 0.3) is 0 Å². The van der Waals surface area contributed by atoms with Crippen molar-refractivity contribution in [1.82, 2.24) is 9.97 Å². The second-order valence-electron chi connectivity index (χ2n) is 3.13. The maximum absolute atomic E-state index is 12.3. The third-order valence-corrected chi connectivity index (χ3v) is 2.43. The van der Waals surface area contributed by atoms with E-state index in [1.165, 1.54) is 17.8 Å². The van der Waals surface area contributed by atoms with Crippen LogP contribution in [-0.2, 0) is 0 Å². The van der Waals surface area contributed by atoms with E-state index in [2.05, 4.69) is 15.3 Å². The van der Waals surface area contributed by atoms with Crippen LogP contribution in [0.1, 0.15) is 6.92 Å². The van der Waals surface area contributed by atoms with Crippen LogP contribution in [0.15, 0.2) is 11.2 Å². The number of hydrogen-bond donors (Lipinski definition) is 1. The van der Waals surface area contributed by atoms with Crippen LogP contribution in [0.2, 0.25) is 0 Å². The van der Waals surface area contributed by atoms with Crippen LogP contribution in [0.3, 0.4) is 0 Å². The van der Waals surface area contributed by atoms with E-state index in [1.807, 2.05) is 0 Å². The molecule has 0 spiro atoms. The summed E-state index contributed by atoms with van der Waals surface area (Å²) >= 11 is 1.22. The zero-order chi connectivity index (χ0) is 13.1. The minimum absolute atomic E-state index is 0.0986. The number of alkyl halides is 3. The van der Waals surface area contributed by atoms with Crippen molar-refractivity contribution in [3.63, 3.8) is 0 Å². The molecule has 1 rings (SSSR count). The van der Waals surface area contributed by atoms with E-state index in [0.29, 0.717) is 11.0 Å². The number of halogens is 3. The predicted octanol–water partition coefficient (Wildman–Crippen LogP) is 2.57. The van der Waals surface area contributed by atoms with Gasteiger partial charge in [-0.1, -0.05) is 11.8 Å². The highest BCUT2D eigenvalue weighted by atomic mass is 32.2. The van der Waals surface area contributed by atoms with Crippen molar-refractivity contribution in [2.75, 3.05) is 18.6 Å². The third-order valence-electron chi connectivity index (χ3n) is 1.88. The molecule has 0 aromatic carbocycles. The molecular weight excluding hydrogens is 255 g/mol. The van der Waals surface area contributed by atoms with Gasteiger partial charge in [-0.15, -0.1) is 0 Å². The average molecular weight is 267 g/mol. The van der Waals surface area contributed by atoms with Gasteiger partial charge in [0.25, 0.3) is 0 Å². The molecule has 1 aromatic rings. The summed E-state index contributed by atoms with van der Waals surface area (Å²) in [6.07, 6.45) is -4.59. The van der Waals surface area contributed by atoms with Gasteiger partial charge in [0.2, 0.25) is 5.88 Å². The Hall–Kier alpha value is -1.18. The molecule has 4 nitrogen and oxygen atoms in total. The molecular formula is C9H12F3N3OS. The number of nitrogens with zero attached hydrogens (tertiary/aromatic N) is 2. The maximum atomic E-state index is 12.3. The van der Waals surface area contributed by atoms with E-state index in [9.17, 15) is 13.2 Å². The Morgan fingerprint density at radius 2 is 2.06 bits per heavy atom. The Morgan fingerprint density at radius 3 is 2.53 bits per heavy atom. The summed E-state index contributed by atoms with van der Waals surface area (Å²) in [5.74, 6) is 0.312. The van der Waals surface area contributed by atoms with E-state index < -0.39 is 12.3 Å². The van der Waals surface area contributed by atoms with Gasteiger partial charge in [0.1, 0.15) is 5.82 Å². The molecule has 0 aliphatic heterocycles. The van der Waals surface area contributed by atoms with E-state index in [0.717, 1.165) is 6.92 Å². The highest BCUT2D eigenvalue weighted by Gasteiger charge is 2.38. The lowest BCUT2D eigenvalue weighted by Crippen LogP contribution is -2.31. The zero-order valence-corrected chi connectivity index (χ0v) is 10.3. The lowest BCUT2D eigenvalue weighted by Gasteiger charge is -2.17. The summed E-state index contributed by atoms with van der Waals surface area (Å²) in [7, 11) is 1.61. The Labute approximate surface area is 101 Å². The number of thioether (sulfide) groups is 1. The van der Waals surface area contributed by atoms with Gasteiger partial charge in [0.15, 0.2) is 11.3 Å². The number of nitrogens with one attached hydrogen (secondary N) is 1. The number of hydrogen-bond acceptors (Lipinski definition) is 5. The van der Waals surface area contributed by atoms with Crippen LogP contribution >= 0.6 is 11.8 Å². The molecule has 8 heteroatoms. The fourth-order valence-electron chi connectivity index (χ4n) is 0.931. The molecule has 1 heterocycles. The lowest BCUT2D eigenvalue weighted by atomic mass is 10.4. The van der Waals surface area contributed by atoms with Crippen LogP contribution in [0.5, 0.6) is 5.88 Å². The number of rotatable bonds is 4. The van der Waals surface area contributed by atoms with Crippen molar-refractivity contribution in [2.45, 2.75) is 24.4 Å². The second kappa shape index (κ2) is 5.44. The first-order chi connectivity index (χ1) is 7.86. The summed E-state index contributed by atoms with van der Waals surface area (Å²) in [6, 6.07) is 1.32. The summed E-state index contributed by atoms with van der Waals surface area (Å²) < 4.78 is 41.7. The first-order valence-corrected chi connectivity index (χ1v) is 5.93. The number of aromatic nitrogens is 2. The highest BCUT2D eigenvalue weighted by molar-refractivity contribution is 7.98. The Balaban J connectivity index is 2.90. The van der Waals surface area contributed by atoms with Crippen molar-refractivity contribution in [3.8, 4) is 5.88 Å². The maximum Gasteiger partial charge on any atom is 0.425 e. The van der Waals surface area contributed by atoms with Crippen LogP contribution < -0.4 is 10.1 Å². The number of ether oxygens (including phenoxy) is 1. The first kappa shape index (κ1) is 13.9. The summed E-state index contributed by atoms with van der Waals surface area (Å²) in [5.41, 5.74) is 0. The van der Waals surface area contributed by atoms with Gasteiger partial charge in [-0.3, -0.25) is 0 Å². The fourth-order valence-corrected chi connectivity index (χ4v) is 1.30. The second-order valence-corrected chi connectivity index (χ2v) is 3.90. The molecule has 0 saturated heterocycles. The van der Waals surface area contributed by atoms with Crippen LogP contribution in [0, 0.1) is 0 Å². The number of anilines is 1. The first-order valence-electron chi connectivity index (χ1n) is 4.71. The van der Waals surface area contributed by atoms with Crippen LogP contribution in [-0.4, -0.2) is 35.6 Å². The molecule has 96 valence electrons. The molecule has 0 aliphatic carbocycles. The van der Waals surface area contributed by atoms with Crippen molar-refractivity contribution in [1.29, 1.82) is 0 Å². The lowest BCUT2D eigenvalue weighted by molar-refractivity contribution is -0.190. The Morgan fingerprint density at radius 1 is 1.41 bits per heavy atom. The molecule has 0 bridgehead atoms. The van der Waals surface area contributed by atoms with Crippen molar-refractivity contribution in [3.05, 3.63) is 6.07 Å². The Kier molecular flexibility index (Phi) is 4.44. The molecule has 17 heavy (non-hydrogen) atoms. The molecule has 0 aliphatic rings. The zero-order valence-electron chi connectivity index (χ0n) is 9.50. The predicted molar refractivity (Wildman–Crippen MR) is 59.5 cm³/mol. The van der Waals surface area contributed by atoms with Crippen molar-refractivity contribution in [2.24, 2.45) is 0 Å². The highest BCUT2D eigenvalue weighted by Crippen LogP contribution is 2.26. The molecule has 0 amide bonds. The molecule has 1 aromatic heterocycles. The van der Waals surface area contributed by atoms with Crippen LogP contribution in [0.4, 0.5) is 19.0 Å². The van der Waals surface area contributed by atoms with Crippen molar-refractivity contribution >= 4 is 17.6 Å². The third kappa shape index (κ3) is 3.95. The van der Waals surface area contributed by atoms with E-state index in [-0.39, 0.29) is 5.88 Å². The normalized spacial score (nSPS) is 13.3. The summed E-state index contributed by atoms with van der Waals surface area (Å²) in [6.45, 7) is 0.930. The van der Waals surface area contributed by atoms with E-state index in [1.54, 1.807) is 13.3 Å². The summed E-state index contributed by atoms with van der Waals surface area (Å²) in [4.78, 5) is 7.86. The minimum atomic E-state index is -4.41. The minimum Gasteiger partial charge on any atom is -0.465 e. The van der Waals surface area contributed by atoms with E-state index in [4.69, 9.17) is 4.74 Å². The van der Waals surface area contributed by atoms with Gasteiger partial charge in [-0.2, -0.15) is 18.2 Å². The molecule has 1 N–H and O–H groups in total. The van der Waals surface area contributed by atoms with Crippen molar-refractivity contribution < 1.29 is 17.9 Å². The topological polar surface area (TPSA) is 47.0 Å². The average Bonchev–Trinajstić information content (AvgIpc) is 2.27. The molecule has 1 atom stereocenters. The van der Waals surface area contributed by atoms with Gasteiger partial charge in [0, 0.05) is 13.1 Å². The molecule has 0 radical (unpaired) electrons. The van der Waals surface area contributed by atoms with E-state index >= 15 is 0 Å². The Bertz CT molecular complexity index is 364. The molecule has 1 unspecified atom stereocenters.